The fourth-order valence-electron chi connectivity index (χ4n) is 1.91. The zero-order valence-electron chi connectivity index (χ0n) is 10.8. The van der Waals surface area contributed by atoms with E-state index in [-0.39, 0.29) is 5.75 Å². The summed E-state index contributed by atoms with van der Waals surface area (Å²) in [4.78, 5) is 8.35. The van der Waals surface area contributed by atoms with Gasteiger partial charge in [-0.15, -0.1) is 0 Å². The normalized spacial score (nSPS) is 10.4. The summed E-state index contributed by atoms with van der Waals surface area (Å²) in [7, 11) is 0. The molecule has 0 fully saturated rings. The van der Waals surface area contributed by atoms with Crippen LogP contribution in [0.1, 0.15) is 5.56 Å². The fourth-order valence-corrected chi connectivity index (χ4v) is 1.91. The van der Waals surface area contributed by atoms with Crippen molar-refractivity contribution in [3.05, 3.63) is 66.9 Å². The number of nitrogens with zero attached hydrogens (tertiary/aromatic N) is 3. The van der Waals surface area contributed by atoms with Crippen LogP contribution in [-0.4, -0.2) is 19.6 Å². The van der Waals surface area contributed by atoms with Gasteiger partial charge in [-0.1, -0.05) is 12.1 Å². The van der Waals surface area contributed by atoms with Gasteiger partial charge in [0.05, 0.1) is 11.9 Å². The molecule has 2 N–H and O–H groups in total. The molecule has 5 nitrogen and oxygen atoms in total. The minimum atomic E-state index is 0.276. The van der Waals surface area contributed by atoms with Crippen LogP contribution in [0.15, 0.2) is 61.3 Å². The second-order valence-electron chi connectivity index (χ2n) is 4.40. The van der Waals surface area contributed by atoms with Crippen LogP contribution in [0.2, 0.25) is 0 Å². The molecule has 0 aliphatic heterocycles. The van der Waals surface area contributed by atoms with Crippen molar-refractivity contribution in [3.8, 4) is 11.6 Å². The van der Waals surface area contributed by atoms with Crippen molar-refractivity contribution in [3.63, 3.8) is 0 Å². The van der Waals surface area contributed by atoms with E-state index in [9.17, 15) is 5.11 Å². The number of phenols is 1. The van der Waals surface area contributed by atoms with Gasteiger partial charge in [0, 0.05) is 18.9 Å². The van der Waals surface area contributed by atoms with E-state index in [1.807, 2.05) is 35.0 Å². The van der Waals surface area contributed by atoms with Crippen LogP contribution in [-0.2, 0) is 6.54 Å². The molecule has 0 saturated heterocycles. The van der Waals surface area contributed by atoms with Gasteiger partial charge in [-0.05, 0) is 29.8 Å². The van der Waals surface area contributed by atoms with Crippen LogP contribution in [0.3, 0.4) is 0 Å². The summed E-state index contributed by atoms with van der Waals surface area (Å²) < 4.78 is 1.85. The number of aromatic hydroxyl groups is 1. The second-order valence-corrected chi connectivity index (χ2v) is 4.40. The highest BCUT2D eigenvalue weighted by atomic mass is 16.3. The Bertz CT molecular complexity index is 677. The van der Waals surface area contributed by atoms with E-state index < -0.39 is 0 Å². The fraction of sp³-hybridized carbons (Fsp3) is 0.0667. The molecule has 0 radical (unpaired) electrons. The molecule has 0 bridgehead atoms. The maximum atomic E-state index is 9.40. The van der Waals surface area contributed by atoms with Gasteiger partial charge >= 0.3 is 0 Å². The molecule has 20 heavy (non-hydrogen) atoms. The first-order chi connectivity index (χ1) is 9.81. The summed E-state index contributed by atoms with van der Waals surface area (Å²) in [6, 6.07) is 11.1. The molecule has 0 saturated carbocycles. The quantitative estimate of drug-likeness (QED) is 0.762. The highest BCUT2D eigenvalue weighted by molar-refractivity contribution is 5.44. The number of hydrogen-bond acceptors (Lipinski definition) is 4. The Kier molecular flexibility index (Phi) is 3.33. The van der Waals surface area contributed by atoms with Crippen LogP contribution >= 0.6 is 0 Å². The number of imidazole rings is 1. The van der Waals surface area contributed by atoms with Crippen LogP contribution in [0, 0.1) is 0 Å². The lowest BCUT2D eigenvalue weighted by Crippen LogP contribution is -2.01. The van der Waals surface area contributed by atoms with Gasteiger partial charge in [0.1, 0.15) is 17.9 Å². The molecule has 0 aliphatic rings. The Morgan fingerprint density at radius 2 is 2.15 bits per heavy atom. The second kappa shape index (κ2) is 5.44. The van der Waals surface area contributed by atoms with Crippen molar-refractivity contribution in [2.45, 2.75) is 6.54 Å². The highest BCUT2D eigenvalue weighted by Gasteiger charge is 1.99. The SMILES string of the molecule is Oc1cccc(CNc2ccc(-n3ccnc3)nc2)c1. The van der Waals surface area contributed by atoms with Crippen LogP contribution in [0.4, 0.5) is 5.69 Å². The van der Waals surface area contributed by atoms with E-state index in [0.717, 1.165) is 17.1 Å². The number of nitrogens with one attached hydrogen (secondary N) is 1. The lowest BCUT2D eigenvalue weighted by atomic mass is 10.2. The number of benzene rings is 1. The van der Waals surface area contributed by atoms with Crippen molar-refractivity contribution in [1.82, 2.24) is 14.5 Å². The molecular weight excluding hydrogens is 252 g/mol. The van der Waals surface area contributed by atoms with E-state index in [4.69, 9.17) is 0 Å². The number of rotatable bonds is 4. The Labute approximate surface area is 116 Å². The first-order valence-electron chi connectivity index (χ1n) is 6.27. The van der Waals surface area contributed by atoms with Crippen molar-refractivity contribution < 1.29 is 5.11 Å². The minimum absolute atomic E-state index is 0.276. The Hall–Kier alpha value is -2.82. The monoisotopic (exact) mass is 266 g/mol. The molecular formula is C15H14N4O. The van der Waals surface area contributed by atoms with Gasteiger partial charge in [0.25, 0.3) is 0 Å². The third-order valence-corrected chi connectivity index (χ3v) is 2.92. The summed E-state index contributed by atoms with van der Waals surface area (Å²) in [6.45, 7) is 0.639. The van der Waals surface area contributed by atoms with Gasteiger partial charge in [0.15, 0.2) is 0 Å². The first kappa shape index (κ1) is 12.2. The molecule has 0 spiro atoms. The molecule has 1 aromatic carbocycles. The molecule has 5 heteroatoms. The zero-order valence-corrected chi connectivity index (χ0v) is 10.8. The Balaban J connectivity index is 1.67. The average Bonchev–Trinajstić information content (AvgIpc) is 3.00. The van der Waals surface area contributed by atoms with Gasteiger partial charge in [-0.3, -0.25) is 4.57 Å². The van der Waals surface area contributed by atoms with Gasteiger partial charge in [-0.2, -0.15) is 0 Å². The molecule has 0 aliphatic carbocycles. The van der Waals surface area contributed by atoms with Crippen molar-refractivity contribution in [2.75, 3.05) is 5.32 Å². The summed E-state index contributed by atoms with van der Waals surface area (Å²) in [6.07, 6.45) is 7.05. The van der Waals surface area contributed by atoms with E-state index >= 15 is 0 Å². The van der Waals surface area contributed by atoms with Gasteiger partial charge in [-0.25, -0.2) is 9.97 Å². The molecule has 3 rings (SSSR count). The minimum Gasteiger partial charge on any atom is -0.508 e. The molecule has 0 atom stereocenters. The maximum Gasteiger partial charge on any atom is 0.137 e. The molecule has 0 unspecified atom stereocenters. The van der Waals surface area contributed by atoms with Crippen molar-refractivity contribution in [1.29, 1.82) is 0 Å². The number of aromatic nitrogens is 3. The predicted molar refractivity (Wildman–Crippen MR) is 76.8 cm³/mol. The summed E-state index contributed by atoms with van der Waals surface area (Å²) in [5.41, 5.74) is 1.95. The average molecular weight is 266 g/mol. The van der Waals surface area contributed by atoms with Crippen molar-refractivity contribution in [2.24, 2.45) is 0 Å². The first-order valence-corrected chi connectivity index (χ1v) is 6.27. The maximum absolute atomic E-state index is 9.40. The summed E-state index contributed by atoms with van der Waals surface area (Å²) in [5, 5.41) is 12.7. The Morgan fingerprint density at radius 3 is 2.85 bits per heavy atom. The highest BCUT2D eigenvalue weighted by Crippen LogP contribution is 2.14. The molecule has 3 aromatic rings. The van der Waals surface area contributed by atoms with Crippen molar-refractivity contribution >= 4 is 5.69 Å². The van der Waals surface area contributed by atoms with E-state index in [2.05, 4.69) is 15.3 Å². The lowest BCUT2D eigenvalue weighted by Gasteiger charge is -2.07. The largest absolute Gasteiger partial charge is 0.508 e. The number of pyridine rings is 1. The molecule has 2 aromatic heterocycles. The van der Waals surface area contributed by atoms with Gasteiger partial charge < -0.3 is 10.4 Å². The molecule has 0 amide bonds. The molecule has 100 valence electrons. The van der Waals surface area contributed by atoms with E-state index in [1.165, 1.54) is 0 Å². The third-order valence-electron chi connectivity index (χ3n) is 2.92. The zero-order chi connectivity index (χ0) is 13.8. The van der Waals surface area contributed by atoms with E-state index in [1.54, 1.807) is 30.9 Å². The number of phenolic OH excluding ortho intramolecular Hbond substituents is 1. The Morgan fingerprint density at radius 1 is 1.20 bits per heavy atom. The topological polar surface area (TPSA) is 63.0 Å². The summed E-state index contributed by atoms with van der Waals surface area (Å²) >= 11 is 0. The van der Waals surface area contributed by atoms with Crippen LogP contribution < -0.4 is 5.32 Å². The lowest BCUT2D eigenvalue weighted by molar-refractivity contribution is 0.474. The van der Waals surface area contributed by atoms with E-state index in [0.29, 0.717) is 6.54 Å². The predicted octanol–water partition coefficient (Wildman–Crippen LogP) is 2.58. The number of anilines is 1. The third kappa shape index (κ3) is 2.77. The number of hydrogen-bond donors (Lipinski definition) is 2. The summed E-state index contributed by atoms with van der Waals surface area (Å²) in [5.74, 6) is 1.10. The van der Waals surface area contributed by atoms with Crippen LogP contribution in [0.25, 0.3) is 5.82 Å². The van der Waals surface area contributed by atoms with Gasteiger partial charge in [0.2, 0.25) is 0 Å². The smallest absolute Gasteiger partial charge is 0.137 e. The molecule has 2 heterocycles. The standard InChI is InChI=1S/C15H14N4O/c20-14-3-1-2-12(8-14)9-17-13-4-5-15(18-10-13)19-7-6-16-11-19/h1-8,10-11,17,20H,9H2. The van der Waals surface area contributed by atoms with Crippen LogP contribution in [0.5, 0.6) is 5.75 Å².